The number of nitrogens with one attached hydrogen (secondary N) is 2. The number of ether oxygens (including phenoxy) is 1. The number of cyclic esters (lactones) is 1. The van der Waals surface area contributed by atoms with Crippen molar-refractivity contribution in [3.05, 3.63) is 46.9 Å². The van der Waals surface area contributed by atoms with E-state index >= 15 is 0 Å². The first-order chi connectivity index (χ1) is 30.7. The van der Waals surface area contributed by atoms with E-state index in [9.17, 15) is 45.0 Å². The van der Waals surface area contributed by atoms with E-state index in [-0.39, 0.29) is 85.1 Å². The summed E-state index contributed by atoms with van der Waals surface area (Å²) in [7, 11) is 0. The first-order valence-electron chi connectivity index (χ1n) is 24.9. The molecule has 20 unspecified atom stereocenters. The molecule has 0 radical (unpaired) electrons. The highest BCUT2D eigenvalue weighted by Crippen LogP contribution is 2.71. The van der Waals surface area contributed by atoms with Gasteiger partial charge in [0.25, 0.3) is 0 Å². The van der Waals surface area contributed by atoms with Crippen LogP contribution in [0.2, 0.25) is 0 Å². The van der Waals surface area contributed by atoms with Crippen LogP contribution >= 0.6 is 0 Å². The van der Waals surface area contributed by atoms with Gasteiger partial charge in [0.1, 0.15) is 6.04 Å². The summed E-state index contributed by atoms with van der Waals surface area (Å²) in [6.07, 6.45) is 9.60. The van der Waals surface area contributed by atoms with E-state index in [1.54, 1.807) is 6.92 Å². The lowest BCUT2D eigenvalue weighted by atomic mass is 9.45. The lowest BCUT2D eigenvalue weighted by Gasteiger charge is -2.61. The van der Waals surface area contributed by atoms with Crippen molar-refractivity contribution in [2.75, 3.05) is 13.2 Å². The number of aliphatic hydroxyl groups excluding tert-OH is 4. The van der Waals surface area contributed by atoms with Gasteiger partial charge in [0.2, 0.25) is 0 Å². The van der Waals surface area contributed by atoms with Crippen LogP contribution in [0.25, 0.3) is 0 Å². The highest BCUT2D eigenvalue weighted by atomic mass is 16.5. The van der Waals surface area contributed by atoms with E-state index in [0.29, 0.717) is 36.7 Å². The molecule has 1 aliphatic heterocycles. The van der Waals surface area contributed by atoms with Crippen molar-refractivity contribution in [3.63, 3.8) is 0 Å². The molecular formula is C53H74N2O10. The quantitative estimate of drug-likeness (QED) is 0.107. The molecule has 12 nitrogen and oxygen atoms in total. The van der Waals surface area contributed by atoms with Crippen LogP contribution in [0.4, 0.5) is 0 Å². The highest BCUT2D eigenvalue weighted by molar-refractivity contribution is 6.00. The second-order valence-electron chi connectivity index (χ2n) is 23.2. The van der Waals surface area contributed by atoms with Crippen LogP contribution in [-0.4, -0.2) is 102 Å². The van der Waals surface area contributed by atoms with Crippen LogP contribution in [0, 0.1) is 87.8 Å². The van der Waals surface area contributed by atoms with E-state index in [4.69, 9.17) is 4.74 Å². The molecule has 1 aromatic rings. The van der Waals surface area contributed by atoms with Gasteiger partial charge in [0, 0.05) is 47.9 Å². The van der Waals surface area contributed by atoms with Crippen molar-refractivity contribution in [1.29, 1.82) is 0 Å². The predicted octanol–water partition coefficient (Wildman–Crippen LogP) is 5.12. The third-order valence-corrected chi connectivity index (χ3v) is 19.6. The number of hydrogen-bond acceptors (Lipinski definition) is 11. The number of aromatic amines is 1. The highest BCUT2D eigenvalue weighted by Gasteiger charge is 2.73. The summed E-state index contributed by atoms with van der Waals surface area (Å²) in [5.41, 5.74) is -2.46. The first-order valence-corrected chi connectivity index (χ1v) is 24.9. The molecule has 2 heterocycles. The van der Waals surface area contributed by atoms with Crippen molar-refractivity contribution < 1.29 is 49.8 Å². The second-order valence-corrected chi connectivity index (χ2v) is 23.2. The van der Waals surface area contributed by atoms with Gasteiger partial charge in [-0.1, -0.05) is 45.3 Å². The number of ketones is 2. The number of rotatable bonds is 6. The SMILES string of the molecule is CC(=O)C(CO)NC1=C2C(CCC3(C)C4C(CC#CC(C5COC(=O)C5c5cc[nH]c5)CC5C6CC(C)CCC6=CCC5C(C)CC(O)C4(C)O)CC23O)C2(C)CC(O)C(O)CC2C1=O. The second kappa shape index (κ2) is 17.0. The monoisotopic (exact) mass is 899 g/mol. The molecule has 12 heteroatoms. The van der Waals surface area contributed by atoms with Gasteiger partial charge in [-0.2, -0.15) is 0 Å². The van der Waals surface area contributed by atoms with Crippen molar-refractivity contribution in [1.82, 2.24) is 10.3 Å². The summed E-state index contributed by atoms with van der Waals surface area (Å²) in [5.74, 6) is 4.65. The number of aromatic nitrogens is 1. The minimum Gasteiger partial charge on any atom is -0.465 e. The van der Waals surface area contributed by atoms with Gasteiger partial charge in [-0.05, 0) is 149 Å². The largest absolute Gasteiger partial charge is 0.465 e. The molecule has 5 fully saturated rings. The topological polar surface area (TPSA) is 210 Å². The fourth-order valence-corrected chi connectivity index (χ4v) is 16.1. The lowest BCUT2D eigenvalue weighted by molar-refractivity contribution is -0.183. The van der Waals surface area contributed by atoms with Gasteiger partial charge >= 0.3 is 5.97 Å². The average Bonchev–Trinajstić information content (AvgIpc) is 3.97. The third kappa shape index (κ3) is 7.43. The van der Waals surface area contributed by atoms with Crippen molar-refractivity contribution in [2.45, 2.75) is 160 Å². The van der Waals surface area contributed by atoms with Gasteiger partial charge in [0.15, 0.2) is 11.6 Å². The molecule has 0 amide bonds. The zero-order valence-corrected chi connectivity index (χ0v) is 39.3. The summed E-state index contributed by atoms with van der Waals surface area (Å²) in [4.78, 5) is 44.6. The zero-order chi connectivity index (χ0) is 46.5. The van der Waals surface area contributed by atoms with Crippen molar-refractivity contribution >= 4 is 17.5 Å². The Kier molecular flexibility index (Phi) is 12.3. The fraction of sp³-hybridized carbons (Fsp3) is 0.755. The number of hydrogen-bond donors (Lipinski definition) is 8. The van der Waals surface area contributed by atoms with Gasteiger partial charge < -0.3 is 45.7 Å². The summed E-state index contributed by atoms with van der Waals surface area (Å²) in [5, 5.41) is 75.2. The van der Waals surface area contributed by atoms with Gasteiger partial charge in [-0.15, -0.1) is 5.92 Å². The Morgan fingerprint density at radius 1 is 0.985 bits per heavy atom. The van der Waals surface area contributed by atoms with E-state index in [2.05, 4.69) is 42.1 Å². The van der Waals surface area contributed by atoms with E-state index in [1.165, 1.54) is 18.9 Å². The van der Waals surface area contributed by atoms with Crippen molar-refractivity contribution in [3.8, 4) is 11.8 Å². The van der Waals surface area contributed by atoms with E-state index in [1.807, 2.05) is 32.3 Å². The molecule has 7 aliphatic carbocycles. The van der Waals surface area contributed by atoms with Crippen LogP contribution in [0.5, 0.6) is 0 Å². The summed E-state index contributed by atoms with van der Waals surface area (Å²) in [6, 6.07) is 0.823. The molecule has 8 N–H and O–H groups in total. The van der Waals surface area contributed by atoms with Crippen LogP contribution in [0.15, 0.2) is 41.4 Å². The molecule has 9 rings (SSSR count). The number of carbonyl (C=O) groups excluding carboxylic acids is 3. The average molecular weight is 899 g/mol. The van der Waals surface area contributed by atoms with Crippen LogP contribution in [-0.2, 0) is 19.1 Å². The maximum atomic E-state index is 15.0. The van der Waals surface area contributed by atoms with E-state index < -0.39 is 82.6 Å². The first kappa shape index (κ1) is 46.8. The molecule has 8 aliphatic rings. The molecule has 0 bridgehead atoms. The Balaban J connectivity index is 1.18. The zero-order valence-electron chi connectivity index (χ0n) is 39.3. The molecule has 4 saturated carbocycles. The lowest BCUT2D eigenvalue weighted by Crippen LogP contribution is -2.65. The maximum Gasteiger partial charge on any atom is 0.313 e. The van der Waals surface area contributed by atoms with Crippen LogP contribution in [0.3, 0.4) is 0 Å². The molecule has 356 valence electrons. The summed E-state index contributed by atoms with van der Waals surface area (Å²) >= 11 is 0. The van der Waals surface area contributed by atoms with Crippen LogP contribution < -0.4 is 5.32 Å². The molecule has 1 aromatic heterocycles. The number of fused-ring (bicyclic) bond motifs is 10. The smallest absolute Gasteiger partial charge is 0.313 e. The minimum atomic E-state index is -1.74. The Morgan fingerprint density at radius 2 is 1.75 bits per heavy atom. The number of H-pyrrole nitrogens is 1. The third-order valence-electron chi connectivity index (χ3n) is 19.6. The Bertz CT molecular complexity index is 2150. The fourth-order valence-electron chi connectivity index (χ4n) is 16.1. The summed E-state index contributed by atoms with van der Waals surface area (Å²) < 4.78 is 5.87. The Morgan fingerprint density at radius 3 is 2.46 bits per heavy atom. The Labute approximate surface area is 384 Å². The molecule has 0 spiro atoms. The number of carbonyl (C=O) groups is 3. The number of aliphatic hydroxyl groups is 6. The molecule has 20 atom stereocenters. The number of Topliss-reactive ketones (excluding diaryl/α,β-unsaturated/α-hetero) is 2. The van der Waals surface area contributed by atoms with Gasteiger partial charge in [0.05, 0.1) is 54.3 Å². The minimum absolute atomic E-state index is 0.0107. The number of esters is 1. The van der Waals surface area contributed by atoms with Crippen LogP contribution in [0.1, 0.15) is 130 Å². The maximum absolute atomic E-state index is 15.0. The molecular weight excluding hydrogens is 825 g/mol. The van der Waals surface area contributed by atoms with E-state index in [0.717, 1.165) is 31.2 Å². The number of allylic oxidation sites excluding steroid dienone is 3. The van der Waals surface area contributed by atoms with Gasteiger partial charge in [-0.3, -0.25) is 14.4 Å². The normalized spacial score (nSPS) is 47.9. The molecule has 1 saturated heterocycles. The molecule has 0 aromatic carbocycles. The predicted molar refractivity (Wildman–Crippen MR) is 242 cm³/mol. The standard InChI is InChI=1S/C53H74N2O10/c1-27-10-11-30-12-13-34-28(2)19-43(60)52(6,63)48-32(9-7-8-31(20-36(34)35(30)18-27)37-26-65-49(62)44(37)33-15-17-54-24-33)22-53(64)45-38(14-16-51(48,53)5)50(4)23-42(59)41(58)21-39(50)47(61)46(45)55-40(25-56)29(3)57/h12,15,17,24,27-28,31-32,34-44,48,54-56,58-60,63-64H,9-11,13-14,16,18-23,25-26H2,1-6H3. The summed E-state index contributed by atoms with van der Waals surface area (Å²) in [6.45, 7) is 11.2. The Hall–Kier alpha value is -3.31. The molecule has 65 heavy (non-hydrogen) atoms. The van der Waals surface area contributed by atoms with Gasteiger partial charge in [-0.25, -0.2) is 0 Å². The van der Waals surface area contributed by atoms with Crippen molar-refractivity contribution in [2.24, 2.45) is 75.9 Å².